The molecule has 0 saturated heterocycles. The number of nitrogens with zero attached hydrogens (tertiary/aromatic N) is 2. The van der Waals surface area contributed by atoms with E-state index in [1.807, 2.05) is 0 Å². The smallest absolute Gasteiger partial charge is 0.321 e. The Bertz CT molecular complexity index is 485. The fraction of sp³-hybridized carbons (Fsp3) is 0.500. The Hall–Kier alpha value is -1.54. The molecular formula is C12H15N3OS. The van der Waals surface area contributed by atoms with Crippen molar-refractivity contribution >= 4 is 22.4 Å². The minimum absolute atomic E-state index is 0.180. The van der Waals surface area contributed by atoms with E-state index in [2.05, 4.69) is 11.4 Å². The first-order valence-electron chi connectivity index (χ1n) is 5.66. The second kappa shape index (κ2) is 4.76. The molecular weight excluding hydrogens is 234 g/mol. The van der Waals surface area contributed by atoms with Crippen LogP contribution in [0.15, 0.2) is 0 Å². The molecule has 0 unspecified atom stereocenters. The number of hydrogen-bond donors (Lipinski definition) is 1. The summed E-state index contributed by atoms with van der Waals surface area (Å²) in [5.41, 5.74) is 1.82. The molecule has 0 radical (unpaired) electrons. The Labute approximate surface area is 105 Å². The van der Waals surface area contributed by atoms with E-state index in [9.17, 15) is 10.1 Å². The predicted molar refractivity (Wildman–Crippen MR) is 68.4 cm³/mol. The monoisotopic (exact) mass is 249 g/mol. The highest BCUT2D eigenvalue weighted by molar-refractivity contribution is 7.16. The van der Waals surface area contributed by atoms with Crippen LogP contribution in [-0.4, -0.2) is 25.0 Å². The van der Waals surface area contributed by atoms with Gasteiger partial charge in [0.05, 0.1) is 5.56 Å². The third-order valence-corrected chi connectivity index (χ3v) is 4.12. The van der Waals surface area contributed by atoms with Crippen LogP contribution >= 0.6 is 11.3 Å². The number of urea groups is 1. The van der Waals surface area contributed by atoms with Gasteiger partial charge >= 0.3 is 6.03 Å². The number of thiophene rings is 1. The van der Waals surface area contributed by atoms with Gasteiger partial charge in [0.15, 0.2) is 0 Å². The van der Waals surface area contributed by atoms with Crippen molar-refractivity contribution in [2.75, 3.05) is 19.4 Å². The summed E-state index contributed by atoms with van der Waals surface area (Å²) in [6, 6.07) is 2.04. The van der Waals surface area contributed by atoms with E-state index < -0.39 is 0 Å². The Morgan fingerprint density at radius 2 is 2.12 bits per heavy atom. The topological polar surface area (TPSA) is 56.1 Å². The third kappa shape index (κ3) is 2.27. The molecule has 0 bridgehead atoms. The lowest BCUT2D eigenvalue weighted by Gasteiger charge is -2.11. The first-order chi connectivity index (χ1) is 8.13. The molecule has 0 spiro atoms. The van der Waals surface area contributed by atoms with Gasteiger partial charge in [-0.2, -0.15) is 5.26 Å². The molecule has 90 valence electrons. The number of anilines is 1. The van der Waals surface area contributed by atoms with Crippen LogP contribution < -0.4 is 5.32 Å². The summed E-state index contributed by atoms with van der Waals surface area (Å²) in [5, 5.41) is 12.7. The highest BCUT2D eigenvalue weighted by Gasteiger charge is 2.21. The summed E-state index contributed by atoms with van der Waals surface area (Å²) >= 11 is 1.55. The fourth-order valence-corrected chi connectivity index (χ4v) is 3.21. The Morgan fingerprint density at radius 1 is 1.41 bits per heavy atom. The minimum Gasteiger partial charge on any atom is -0.331 e. The third-order valence-electron chi connectivity index (χ3n) is 2.91. The number of rotatable bonds is 1. The molecule has 4 nitrogen and oxygen atoms in total. The zero-order valence-electron chi connectivity index (χ0n) is 10.0. The molecule has 1 aromatic heterocycles. The maximum Gasteiger partial charge on any atom is 0.321 e. The van der Waals surface area contributed by atoms with Crippen LogP contribution in [0.2, 0.25) is 0 Å². The number of carbonyl (C=O) groups excluding carboxylic acids is 1. The van der Waals surface area contributed by atoms with Crippen molar-refractivity contribution < 1.29 is 4.79 Å². The molecule has 0 aliphatic heterocycles. The van der Waals surface area contributed by atoms with Crippen molar-refractivity contribution in [3.05, 3.63) is 16.0 Å². The van der Waals surface area contributed by atoms with Gasteiger partial charge in [-0.05, 0) is 31.2 Å². The molecule has 1 aliphatic carbocycles. The maximum atomic E-state index is 11.6. The van der Waals surface area contributed by atoms with E-state index in [1.165, 1.54) is 16.2 Å². The van der Waals surface area contributed by atoms with Crippen molar-refractivity contribution in [3.8, 4) is 6.07 Å². The van der Waals surface area contributed by atoms with Crippen LogP contribution in [-0.2, 0) is 12.8 Å². The summed E-state index contributed by atoms with van der Waals surface area (Å²) in [4.78, 5) is 14.3. The standard InChI is InChI=1S/C12H15N3OS/c1-15(2)12(16)14-11-9(7-13)8-5-3-4-6-10(8)17-11/h3-6H2,1-2H3,(H,14,16). The van der Waals surface area contributed by atoms with Gasteiger partial charge in [-0.25, -0.2) is 4.79 Å². The van der Waals surface area contributed by atoms with Crippen LogP contribution in [0.1, 0.15) is 28.8 Å². The number of aryl methyl sites for hydroxylation is 1. The van der Waals surface area contributed by atoms with Crippen molar-refractivity contribution in [2.45, 2.75) is 25.7 Å². The zero-order chi connectivity index (χ0) is 12.4. The minimum atomic E-state index is -0.180. The highest BCUT2D eigenvalue weighted by Crippen LogP contribution is 2.37. The summed E-state index contributed by atoms with van der Waals surface area (Å²) in [5.74, 6) is 0. The molecule has 2 amide bonds. The van der Waals surface area contributed by atoms with Crippen LogP contribution in [0.3, 0.4) is 0 Å². The summed E-state index contributed by atoms with van der Waals surface area (Å²) in [7, 11) is 3.38. The molecule has 17 heavy (non-hydrogen) atoms. The van der Waals surface area contributed by atoms with Gasteiger partial charge in [0, 0.05) is 19.0 Å². The lowest BCUT2D eigenvalue weighted by Crippen LogP contribution is -2.27. The van der Waals surface area contributed by atoms with E-state index in [0.717, 1.165) is 24.8 Å². The number of nitriles is 1. The summed E-state index contributed by atoms with van der Waals surface area (Å²) < 4.78 is 0. The molecule has 1 N–H and O–H groups in total. The van der Waals surface area contributed by atoms with Gasteiger partial charge in [-0.15, -0.1) is 11.3 Å². The molecule has 0 aromatic carbocycles. The van der Waals surface area contributed by atoms with Gasteiger partial charge in [0.25, 0.3) is 0 Å². The summed E-state index contributed by atoms with van der Waals surface area (Å²) in [6.45, 7) is 0. The molecule has 5 heteroatoms. The van der Waals surface area contributed by atoms with Crippen molar-refractivity contribution in [3.63, 3.8) is 0 Å². The number of hydrogen-bond acceptors (Lipinski definition) is 3. The fourth-order valence-electron chi connectivity index (χ4n) is 1.98. The normalized spacial score (nSPS) is 13.7. The summed E-state index contributed by atoms with van der Waals surface area (Å²) in [6.07, 6.45) is 4.32. The van der Waals surface area contributed by atoms with Crippen molar-refractivity contribution in [2.24, 2.45) is 0 Å². The second-order valence-electron chi connectivity index (χ2n) is 4.35. The first kappa shape index (κ1) is 11.9. The van der Waals surface area contributed by atoms with E-state index in [4.69, 9.17) is 0 Å². The van der Waals surface area contributed by atoms with Crippen molar-refractivity contribution in [1.82, 2.24) is 4.90 Å². The van der Waals surface area contributed by atoms with E-state index in [1.54, 1.807) is 25.4 Å². The van der Waals surface area contributed by atoms with E-state index in [-0.39, 0.29) is 6.03 Å². The quantitative estimate of drug-likeness (QED) is 0.831. The molecule has 1 aromatic rings. The number of amides is 2. The number of fused-ring (bicyclic) bond motifs is 1. The van der Waals surface area contributed by atoms with Gasteiger partial charge in [-0.1, -0.05) is 0 Å². The van der Waals surface area contributed by atoms with E-state index in [0.29, 0.717) is 10.6 Å². The Kier molecular flexibility index (Phi) is 3.34. The predicted octanol–water partition coefficient (Wildman–Crippen LogP) is 2.59. The molecule has 2 rings (SSSR count). The lowest BCUT2D eigenvalue weighted by atomic mass is 9.96. The van der Waals surface area contributed by atoms with Crippen LogP contribution in [0.25, 0.3) is 0 Å². The Balaban J connectivity index is 2.32. The van der Waals surface area contributed by atoms with E-state index >= 15 is 0 Å². The van der Waals surface area contributed by atoms with Crippen molar-refractivity contribution in [1.29, 1.82) is 5.26 Å². The van der Waals surface area contributed by atoms with Crippen LogP contribution in [0.4, 0.5) is 9.80 Å². The van der Waals surface area contributed by atoms with Crippen LogP contribution in [0.5, 0.6) is 0 Å². The largest absolute Gasteiger partial charge is 0.331 e. The zero-order valence-corrected chi connectivity index (χ0v) is 10.9. The SMILES string of the molecule is CN(C)C(=O)Nc1sc2c(c1C#N)CCCC2. The molecule has 0 fully saturated rings. The first-order valence-corrected chi connectivity index (χ1v) is 6.48. The molecule has 0 atom stereocenters. The molecule has 1 heterocycles. The van der Waals surface area contributed by atoms with Gasteiger partial charge in [-0.3, -0.25) is 5.32 Å². The van der Waals surface area contributed by atoms with Gasteiger partial charge < -0.3 is 4.90 Å². The number of carbonyl (C=O) groups is 1. The van der Waals surface area contributed by atoms with Gasteiger partial charge in [0.2, 0.25) is 0 Å². The Morgan fingerprint density at radius 3 is 2.76 bits per heavy atom. The average molecular weight is 249 g/mol. The highest BCUT2D eigenvalue weighted by atomic mass is 32.1. The number of nitrogens with one attached hydrogen (secondary N) is 1. The second-order valence-corrected chi connectivity index (χ2v) is 5.46. The maximum absolute atomic E-state index is 11.6. The average Bonchev–Trinajstić information content (AvgIpc) is 2.65. The van der Waals surface area contributed by atoms with Gasteiger partial charge in [0.1, 0.15) is 11.1 Å². The lowest BCUT2D eigenvalue weighted by molar-refractivity contribution is 0.231. The van der Waals surface area contributed by atoms with Crippen LogP contribution in [0, 0.1) is 11.3 Å². The molecule has 1 aliphatic rings. The molecule has 0 saturated carbocycles.